The first-order valence-electron chi connectivity index (χ1n) is 9.40. The van der Waals surface area contributed by atoms with E-state index in [1.54, 1.807) is 13.0 Å². The standard InChI is InChI=1S/C22H19N5O4/c1-14-8-9-17(12-19(14)27(30)31)24-25-20-15(2)18(13-23)21(28)26(22(20)29)11-10-16-6-4-3-5-7-16/h3-9,12,28H,10-11H2,1-2H3. The van der Waals surface area contributed by atoms with E-state index in [4.69, 9.17) is 0 Å². The second-order valence-electron chi connectivity index (χ2n) is 6.90. The van der Waals surface area contributed by atoms with Gasteiger partial charge in [0.15, 0.2) is 5.69 Å². The van der Waals surface area contributed by atoms with Crippen LogP contribution in [0.3, 0.4) is 0 Å². The number of hydrogen-bond acceptors (Lipinski definition) is 7. The van der Waals surface area contributed by atoms with E-state index in [2.05, 4.69) is 10.2 Å². The molecule has 0 amide bonds. The number of aromatic nitrogens is 1. The molecule has 2 aromatic carbocycles. The normalized spacial score (nSPS) is 10.9. The van der Waals surface area contributed by atoms with Gasteiger partial charge in [-0.1, -0.05) is 36.4 Å². The van der Waals surface area contributed by atoms with Crippen molar-refractivity contribution in [1.29, 1.82) is 5.26 Å². The number of nitro benzene ring substituents is 1. The summed E-state index contributed by atoms with van der Waals surface area (Å²) >= 11 is 0. The molecule has 0 saturated heterocycles. The topological polar surface area (TPSA) is 134 Å². The zero-order valence-corrected chi connectivity index (χ0v) is 16.9. The van der Waals surface area contributed by atoms with Crippen molar-refractivity contribution in [1.82, 2.24) is 4.57 Å². The summed E-state index contributed by atoms with van der Waals surface area (Å²) < 4.78 is 1.09. The number of azo groups is 1. The van der Waals surface area contributed by atoms with Gasteiger partial charge in [0.05, 0.1) is 10.6 Å². The lowest BCUT2D eigenvalue weighted by atomic mass is 10.1. The summed E-state index contributed by atoms with van der Waals surface area (Å²) in [6.45, 7) is 3.24. The summed E-state index contributed by atoms with van der Waals surface area (Å²) in [4.78, 5) is 23.6. The molecule has 0 aliphatic carbocycles. The van der Waals surface area contributed by atoms with Crippen molar-refractivity contribution in [3.05, 3.63) is 91.3 Å². The van der Waals surface area contributed by atoms with Gasteiger partial charge < -0.3 is 5.11 Å². The first-order valence-corrected chi connectivity index (χ1v) is 9.40. The molecule has 156 valence electrons. The molecule has 0 saturated carbocycles. The Kier molecular flexibility index (Phi) is 6.21. The molecule has 1 heterocycles. The Balaban J connectivity index is 2.03. The molecule has 0 atom stereocenters. The lowest BCUT2D eigenvalue weighted by Gasteiger charge is -2.13. The van der Waals surface area contributed by atoms with Gasteiger partial charge in [-0.3, -0.25) is 19.5 Å². The number of nitriles is 1. The fourth-order valence-electron chi connectivity index (χ4n) is 3.11. The number of aryl methyl sites for hydroxylation is 2. The molecule has 1 aromatic heterocycles. The Labute approximate surface area is 177 Å². The van der Waals surface area contributed by atoms with E-state index in [0.717, 1.165) is 10.1 Å². The second kappa shape index (κ2) is 9.00. The van der Waals surface area contributed by atoms with Crippen molar-refractivity contribution in [2.45, 2.75) is 26.8 Å². The van der Waals surface area contributed by atoms with Gasteiger partial charge >= 0.3 is 0 Å². The molecule has 31 heavy (non-hydrogen) atoms. The monoisotopic (exact) mass is 417 g/mol. The van der Waals surface area contributed by atoms with E-state index in [9.17, 15) is 25.3 Å². The number of pyridine rings is 1. The van der Waals surface area contributed by atoms with Gasteiger partial charge in [0.1, 0.15) is 11.6 Å². The highest BCUT2D eigenvalue weighted by Gasteiger charge is 2.19. The Morgan fingerprint density at radius 1 is 1.16 bits per heavy atom. The zero-order valence-electron chi connectivity index (χ0n) is 16.9. The van der Waals surface area contributed by atoms with Gasteiger partial charge in [0.2, 0.25) is 5.88 Å². The molecule has 0 fully saturated rings. The smallest absolute Gasteiger partial charge is 0.281 e. The van der Waals surface area contributed by atoms with Crippen LogP contribution < -0.4 is 5.56 Å². The first-order chi connectivity index (χ1) is 14.8. The van der Waals surface area contributed by atoms with E-state index < -0.39 is 16.4 Å². The summed E-state index contributed by atoms with van der Waals surface area (Å²) in [6, 6.07) is 15.6. The van der Waals surface area contributed by atoms with Crippen LogP contribution in [0.2, 0.25) is 0 Å². The summed E-state index contributed by atoms with van der Waals surface area (Å²) in [5.74, 6) is -0.425. The summed E-state index contributed by atoms with van der Waals surface area (Å²) in [7, 11) is 0. The predicted molar refractivity (Wildman–Crippen MR) is 114 cm³/mol. The average Bonchev–Trinajstić information content (AvgIpc) is 2.75. The maximum absolute atomic E-state index is 13.0. The third-order valence-corrected chi connectivity index (χ3v) is 4.89. The minimum absolute atomic E-state index is 0.0727. The summed E-state index contributed by atoms with van der Waals surface area (Å²) in [5, 5.41) is 39.0. The van der Waals surface area contributed by atoms with Crippen molar-refractivity contribution in [2.75, 3.05) is 0 Å². The van der Waals surface area contributed by atoms with E-state index in [-0.39, 0.29) is 34.7 Å². The highest BCUT2D eigenvalue weighted by Crippen LogP contribution is 2.29. The van der Waals surface area contributed by atoms with Crippen LogP contribution in [0, 0.1) is 35.3 Å². The van der Waals surface area contributed by atoms with Gasteiger partial charge in [-0.2, -0.15) is 10.4 Å². The molecule has 3 aromatic rings. The summed E-state index contributed by atoms with van der Waals surface area (Å²) in [5.41, 5.74) is 0.918. The molecule has 1 N–H and O–H groups in total. The first kappa shape index (κ1) is 21.4. The van der Waals surface area contributed by atoms with Crippen molar-refractivity contribution >= 4 is 17.1 Å². The SMILES string of the molecule is Cc1ccc(N=Nc2c(C)c(C#N)c(O)n(CCc3ccccc3)c2=O)cc1[N+](=O)[O-]. The Hall–Kier alpha value is -4.32. The van der Waals surface area contributed by atoms with Crippen LogP contribution in [0.5, 0.6) is 5.88 Å². The number of nitro groups is 1. The van der Waals surface area contributed by atoms with Crippen molar-refractivity contribution in [3.8, 4) is 11.9 Å². The Morgan fingerprint density at radius 3 is 2.52 bits per heavy atom. The van der Waals surface area contributed by atoms with Gasteiger partial charge in [-0.05, 0) is 31.9 Å². The number of rotatable bonds is 6. The molecule has 9 heteroatoms. The number of nitrogens with zero attached hydrogens (tertiary/aromatic N) is 5. The predicted octanol–water partition coefficient (Wildman–Crippen LogP) is 4.61. The largest absolute Gasteiger partial charge is 0.493 e. The minimum Gasteiger partial charge on any atom is -0.493 e. The van der Waals surface area contributed by atoms with Crippen LogP contribution in [0.25, 0.3) is 0 Å². The molecular formula is C22H19N5O4. The maximum atomic E-state index is 13.0. The van der Waals surface area contributed by atoms with Crippen LogP contribution in [-0.4, -0.2) is 14.6 Å². The van der Waals surface area contributed by atoms with E-state index in [0.29, 0.717) is 12.0 Å². The molecule has 0 aliphatic heterocycles. The number of hydrogen-bond donors (Lipinski definition) is 1. The second-order valence-corrected chi connectivity index (χ2v) is 6.90. The third kappa shape index (κ3) is 4.48. The molecular weight excluding hydrogens is 398 g/mol. The van der Waals surface area contributed by atoms with Crippen LogP contribution in [-0.2, 0) is 13.0 Å². The molecule has 0 aliphatic rings. The van der Waals surface area contributed by atoms with E-state index in [1.807, 2.05) is 36.4 Å². The highest BCUT2D eigenvalue weighted by atomic mass is 16.6. The molecule has 9 nitrogen and oxygen atoms in total. The van der Waals surface area contributed by atoms with E-state index in [1.165, 1.54) is 19.1 Å². The third-order valence-electron chi connectivity index (χ3n) is 4.89. The van der Waals surface area contributed by atoms with Gasteiger partial charge in [0.25, 0.3) is 11.2 Å². The Bertz CT molecular complexity index is 1270. The number of aromatic hydroxyl groups is 1. The van der Waals surface area contributed by atoms with Gasteiger partial charge in [-0.15, -0.1) is 5.11 Å². The molecule has 0 unspecified atom stereocenters. The van der Waals surface area contributed by atoms with Gasteiger partial charge in [0, 0.05) is 23.7 Å². The molecule has 0 radical (unpaired) electrons. The lowest BCUT2D eigenvalue weighted by Crippen LogP contribution is -2.22. The maximum Gasteiger partial charge on any atom is 0.281 e. The van der Waals surface area contributed by atoms with Crippen LogP contribution in [0.4, 0.5) is 17.1 Å². The van der Waals surface area contributed by atoms with Crippen LogP contribution in [0.15, 0.2) is 63.6 Å². The quantitative estimate of drug-likeness (QED) is 0.355. The lowest BCUT2D eigenvalue weighted by molar-refractivity contribution is -0.385. The molecule has 0 spiro atoms. The average molecular weight is 417 g/mol. The van der Waals surface area contributed by atoms with E-state index >= 15 is 0 Å². The van der Waals surface area contributed by atoms with Crippen molar-refractivity contribution in [2.24, 2.45) is 10.2 Å². The number of benzene rings is 2. The molecule has 3 rings (SSSR count). The minimum atomic E-state index is -0.602. The Morgan fingerprint density at radius 2 is 1.87 bits per heavy atom. The van der Waals surface area contributed by atoms with Gasteiger partial charge in [-0.25, -0.2) is 0 Å². The van der Waals surface area contributed by atoms with Crippen LogP contribution in [0.1, 0.15) is 22.3 Å². The van der Waals surface area contributed by atoms with Crippen LogP contribution >= 0.6 is 0 Å². The molecule has 0 bridgehead atoms. The van der Waals surface area contributed by atoms with Crippen molar-refractivity contribution < 1.29 is 10.0 Å². The fraction of sp³-hybridized carbons (Fsp3) is 0.182. The van der Waals surface area contributed by atoms with Crippen molar-refractivity contribution in [3.63, 3.8) is 0 Å². The fourth-order valence-corrected chi connectivity index (χ4v) is 3.11. The zero-order chi connectivity index (χ0) is 22.5. The highest BCUT2D eigenvalue weighted by molar-refractivity contribution is 5.57. The summed E-state index contributed by atoms with van der Waals surface area (Å²) in [6.07, 6.45) is 0.461.